The minimum atomic E-state index is -0.951. The first kappa shape index (κ1) is 13.5. The Labute approximate surface area is 105 Å². The van der Waals surface area contributed by atoms with E-state index in [2.05, 4.69) is 0 Å². The number of rotatable bonds is 5. The molecule has 1 rings (SSSR count). The highest BCUT2D eigenvalue weighted by molar-refractivity contribution is 5.99. The number of hydrogen-bond donors (Lipinski definition) is 0. The monoisotopic (exact) mass is 244 g/mol. The SMILES string of the molecule is COc1ccc(OC)c(C(=O)CC(C#N)C#N)c1. The lowest BCUT2D eigenvalue weighted by Crippen LogP contribution is -2.07. The first-order chi connectivity index (χ1) is 8.65. The van der Waals surface area contributed by atoms with Gasteiger partial charge in [-0.2, -0.15) is 10.5 Å². The van der Waals surface area contributed by atoms with E-state index < -0.39 is 5.92 Å². The van der Waals surface area contributed by atoms with E-state index in [0.29, 0.717) is 17.1 Å². The maximum Gasteiger partial charge on any atom is 0.169 e. The van der Waals surface area contributed by atoms with E-state index in [1.165, 1.54) is 20.3 Å². The number of carbonyl (C=O) groups is 1. The fourth-order valence-electron chi connectivity index (χ4n) is 1.45. The van der Waals surface area contributed by atoms with Gasteiger partial charge in [-0.05, 0) is 18.2 Å². The average Bonchev–Trinajstić information content (AvgIpc) is 2.43. The molecule has 0 saturated heterocycles. The third-order valence-corrected chi connectivity index (χ3v) is 2.41. The van der Waals surface area contributed by atoms with Gasteiger partial charge < -0.3 is 9.47 Å². The Balaban J connectivity index is 3.04. The van der Waals surface area contributed by atoms with Crippen LogP contribution >= 0.6 is 0 Å². The highest BCUT2D eigenvalue weighted by Crippen LogP contribution is 2.26. The Morgan fingerprint density at radius 2 is 1.94 bits per heavy atom. The van der Waals surface area contributed by atoms with Gasteiger partial charge in [-0.1, -0.05) is 0 Å². The van der Waals surface area contributed by atoms with Gasteiger partial charge >= 0.3 is 0 Å². The fraction of sp³-hybridized carbons (Fsp3) is 0.308. The summed E-state index contributed by atoms with van der Waals surface area (Å²) in [6.07, 6.45) is -0.156. The molecule has 0 unspecified atom stereocenters. The summed E-state index contributed by atoms with van der Waals surface area (Å²) in [6.45, 7) is 0. The molecule has 5 heteroatoms. The molecule has 0 bridgehead atoms. The molecule has 0 N–H and O–H groups in total. The molecule has 0 aliphatic heterocycles. The van der Waals surface area contributed by atoms with Crippen LogP contribution in [-0.2, 0) is 0 Å². The van der Waals surface area contributed by atoms with Gasteiger partial charge in [0.1, 0.15) is 17.4 Å². The van der Waals surface area contributed by atoms with Crippen LogP contribution < -0.4 is 9.47 Å². The summed E-state index contributed by atoms with van der Waals surface area (Å²) >= 11 is 0. The number of Topliss-reactive ketones (excluding diaryl/α,β-unsaturated/α-hetero) is 1. The van der Waals surface area contributed by atoms with E-state index in [1.807, 2.05) is 0 Å². The molecule has 0 atom stereocenters. The Hall–Kier alpha value is -2.53. The summed E-state index contributed by atoms with van der Waals surface area (Å²) in [4.78, 5) is 12.0. The average molecular weight is 244 g/mol. The summed E-state index contributed by atoms with van der Waals surface area (Å²) in [5.74, 6) is -0.354. The van der Waals surface area contributed by atoms with Crippen molar-refractivity contribution in [3.63, 3.8) is 0 Å². The number of nitrogens with zero attached hydrogens (tertiary/aromatic N) is 2. The van der Waals surface area contributed by atoms with E-state index in [0.717, 1.165) is 0 Å². The minimum Gasteiger partial charge on any atom is -0.497 e. The third kappa shape index (κ3) is 2.99. The lowest BCUT2D eigenvalue weighted by molar-refractivity contribution is 0.0973. The van der Waals surface area contributed by atoms with E-state index >= 15 is 0 Å². The molecule has 0 saturated carbocycles. The first-order valence-corrected chi connectivity index (χ1v) is 5.20. The maximum atomic E-state index is 12.0. The van der Waals surface area contributed by atoms with Crippen molar-refractivity contribution in [2.75, 3.05) is 14.2 Å². The van der Waals surface area contributed by atoms with E-state index in [4.69, 9.17) is 20.0 Å². The number of hydrogen-bond acceptors (Lipinski definition) is 5. The van der Waals surface area contributed by atoms with Gasteiger partial charge in [0.25, 0.3) is 0 Å². The zero-order valence-electron chi connectivity index (χ0n) is 10.1. The molecule has 0 aromatic heterocycles. The molecule has 92 valence electrons. The van der Waals surface area contributed by atoms with Crippen molar-refractivity contribution in [2.45, 2.75) is 6.42 Å². The van der Waals surface area contributed by atoms with Crippen LogP contribution in [0.3, 0.4) is 0 Å². The molecule has 1 aromatic carbocycles. The van der Waals surface area contributed by atoms with Crippen LogP contribution in [0.25, 0.3) is 0 Å². The Kier molecular flexibility index (Phi) is 4.71. The van der Waals surface area contributed by atoms with Gasteiger partial charge in [0, 0.05) is 6.42 Å². The van der Waals surface area contributed by atoms with Crippen LogP contribution in [0.2, 0.25) is 0 Å². The van der Waals surface area contributed by atoms with Crippen molar-refractivity contribution in [3.05, 3.63) is 23.8 Å². The van der Waals surface area contributed by atoms with Crippen LogP contribution in [0, 0.1) is 28.6 Å². The molecule has 5 nitrogen and oxygen atoms in total. The number of nitriles is 2. The van der Waals surface area contributed by atoms with Crippen molar-refractivity contribution in [1.82, 2.24) is 0 Å². The quantitative estimate of drug-likeness (QED) is 0.739. The predicted molar refractivity (Wildman–Crippen MR) is 63.2 cm³/mol. The second-order valence-electron chi connectivity index (χ2n) is 3.50. The van der Waals surface area contributed by atoms with Crippen molar-refractivity contribution in [1.29, 1.82) is 10.5 Å². The van der Waals surface area contributed by atoms with Gasteiger partial charge in [-0.3, -0.25) is 4.79 Å². The van der Waals surface area contributed by atoms with Crippen molar-refractivity contribution in [2.24, 2.45) is 5.92 Å². The number of ketones is 1. The fourth-order valence-corrected chi connectivity index (χ4v) is 1.45. The van der Waals surface area contributed by atoms with E-state index in [9.17, 15) is 4.79 Å². The van der Waals surface area contributed by atoms with Gasteiger partial charge in [0.2, 0.25) is 0 Å². The predicted octanol–water partition coefficient (Wildman–Crippen LogP) is 1.94. The molecule has 0 spiro atoms. The van der Waals surface area contributed by atoms with Gasteiger partial charge in [0.05, 0.1) is 31.9 Å². The summed E-state index contributed by atoms with van der Waals surface area (Å²) in [5, 5.41) is 17.3. The van der Waals surface area contributed by atoms with Crippen LogP contribution in [0.5, 0.6) is 11.5 Å². The van der Waals surface area contributed by atoms with E-state index in [1.54, 1.807) is 24.3 Å². The molecule has 0 aliphatic carbocycles. The standard InChI is InChI=1S/C13H12N2O3/c1-17-10-3-4-13(18-2)11(6-10)12(16)5-9(7-14)8-15/h3-4,6,9H,5H2,1-2H3. The molecular weight excluding hydrogens is 232 g/mol. The molecule has 1 aromatic rings. The van der Waals surface area contributed by atoms with Crippen LogP contribution in [0.15, 0.2) is 18.2 Å². The number of benzene rings is 1. The molecule has 0 fully saturated rings. The van der Waals surface area contributed by atoms with Gasteiger partial charge in [0.15, 0.2) is 5.78 Å². The second-order valence-corrected chi connectivity index (χ2v) is 3.50. The lowest BCUT2D eigenvalue weighted by atomic mass is 9.99. The van der Waals surface area contributed by atoms with Crippen molar-refractivity contribution < 1.29 is 14.3 Å². The highest BCUT2D eigenvalue weighted by Gasteiger charge is 2.18. The molecule has 0 heterocycles. The van der Waals surface area contributed by atoms with Crippen molar-refractivity contribution >= 4 is 5.78 Å². The third-order valence-electron chi connectivity index (χ3n) is 2.41. The lowest BCUT2D eigenvalue weighted by Gasteiger charge is -2.09. The Morgan fingerprint density at radius 3 is 2.44 bits per heavy atom. The highest BCUT2D eigenvalue weighted by atomic mass is 16.5. The zero-order valence-corrected chi connectivity index (χ0v) is 10.1. The Bertz CT molecular complexity index is 512. The zero-order chi connectivity index (χ0) is 13.5. The molecule has 18 heavy (non-hydrogen) atoms. The second kappa shape index (κ2) is 6.27. The normalized spacial score (nSPS) is 9.39. The largest absolute Gasteiger partial charge is 0.497 e. The number of ether oxygens (including phenoxy) is 2. The van der Waals surface area contributed by atoms with Crippen LogP contribution in [-0.4, -0.2) is 20.0 Å². The minimum absolute atomic E-state index is 0.156. The Morgan fingerprint density at radius 1 is 1.28 bits per heavy atom. The van der Waals surface area contributed by atoms with Crippen molar-refractivity contribution in [3.8, 4) is 23.6 Å². The smallest absolute Gasteiger partial charge is 0.169 e. The van der Waals surface area contributed by atoms with Crippen LogP contribution in [0.4, 0.5) is 0 Å². The first-order valence-electron chi connectivity index (χ1n) is 5.20. The topological polar surface area (TPSA) is 83.1 Å². The number of methoxy groups -OCH3 is 2. The number of carbonyl (C=O) groups excluding carboxylic acids is 1. The molecule has 0 amide bonds. The summed E-state index contributed by atoms with van der Waals surface area (Å²) in [6, 6.07) is 8.34. The summed E-state index contributed by atoms with van der Waals surface area (Å²) < 4.78 is 10.1. The van der Waals surface area contributed by atoms with Crippen LogP contribution in [0.1, 0.15) is 16.8 Å². The van der Waals surface area contributed by atoms with Gasteiger partial charge in [-0.25, -0.2) is 0 Å². The molecule has 0 aliphatic rings. The maximum absolute atomic E-state index is 12.0. The summed E-state index contributed by atoms with van der Waals surface area (Å²) in [5.41, 5.74) is 0.312. The summed E-state index contributed by atoms with van der Waals surface area (Å²) in [7, 11) is 2.94. The van der Waals surface area contributed by atoms with Gasteiger partial charge in [-0.15, -0.1) is 0 Å². The molecular formula is C13H12N2O3. The van der Waals surface area contributed by atoms with E-state index in [-0.39, 0.29) is 12.2 Å². The molecule has 0 radical (unpaired) electrons.